The summed E-state index contributed by atoms with van der Waals surface area (Å²) in [5, 5.41) is 7.82. The molecular weight excluding hydrogens is 267 g/mol. The second-order valence-electron chi connectivity index (χ2n) is 4.33. The molecule has 0 spiro atoms. The van der Waals surface area contributed by atoms with Gasteiger partial charge >= 0.3 is 0 Å². The van der Waals surface area contributed by atoms with Gasteiger partial charge in [-0.05, 0) is 37.6 Å². The van der Waals surface area contributed by atoms with Crippen molar-refractivity contribution in [2.45, 2.75) is 20.3 Å². The minimum atomic E-state index is -0.490. The summed E-state index contributed by atoms with van der Waals surface area (Å²) in [5.74, 6) is -0.575. The molecule has 19 heavy (non-hydrogen) atoms. The minimum absolute atomic E-state index is 0.0195. The molecule has 5 heteroatoms. The highest BCUT2D eigenvalue weighted by atomic mass is 35.5. The second-order valence-corrected chi connectivity index (χ2v) is 4.74. The fraction of sp³-hybridized carbons (Fsp3) is 0.214. The molecule has 0 saturated carbocycles. The molecule has 0 atom stereocenters. The van der Waals surface area contributed by atoms with E-state index < -0.39 is 5.82 Å². The van der Waals surface area contributed by atoms with Crippen molar-refractivity contribution in [2.24, 2.45) is 0 Å². The average Bonchev–Trinajstić information content (AvgIpc) is 2.36. The van der Waals surface area contributed by atoms with E-state index >= 15 is 0 Å². The highest BCUT2D eigenvalue weighted by Gasteiger charge is 2.12. The topological polar surface area (TPSA) is 42.9 Å². The van der Waals surface area contributed by atoms with Gasteiger partial charge in [0.25, 0.3) is 0 Å². The molecule has 1 aromatic carbocycles. The third kappa shape index (κ3) is 3.15. The van der Waals surface area contributed by atoms with E-state index in [0.717, 1.165) is 0 Å². The van der Waals surface area contributed by atoms with E-state index in [1.54, 1.807) is 26.0 Å². The lowest BCUT2D eigenvalue weighted by Gasteiger charge is -2.05. The van der Waals surface area contributed by atoms with Crippen molar-refractivity contribution < 1.29 is 9.18 Å². The van der Waals surface area contributed by atoms with E-state index in [0.29, 0.717) is 22.5 Å². The van der Waals surface area contributed by atoms with Crippen LogP contribution in [0.1, 0.15) is 27.3 Å². The number of halogens is 2. The Morgan fingerprint density at radius 3 is 2.68 bits per heavy atom. The smallest absolute Gasteiger partial charge is 0.169 e. The van der Waals surface area contributed by atoms with Gasteiger partial charge in [0.15, 0.2) is 5.78 Å². The van der Waals surface area contributed by atoms with E-state index in [4.69, 9.17) is 11.6 Å². The summed E-state index contributed by atoms with van der Waals surface area (Å²) in [6.07, 6.45) is 0.159. The Hall–Kier alpha value is -1.81. The van der Waals surface area contributed by atoms with Gasteiger partial charge in [0.05, 0.1) is 16.4 Å². The molecule has 3 nitrogen and oxygen atoms in total. The lowest BCUT2D eigenvalue weighted by Crippen LogP contribution is -2.08. The van der Waals surface area contributed by atoms with Gasteiger partial charge in [-0.2, -0.15) is 10.2 Å². The number of benzene rings is 1. The molecule has 2 rings (SSSR count). The van der Waals surface area contributed by atoms with Crippen LogP contribution in [0.4, 0.5) is 4.39 Å². The summed E-state index contributed by atoms with van der Waals surface area (Å²) in [4.78, 5) is 12.2. The second kappa shape index (κ2) is 5.45. The van der Waals surface area contributed by atoms with E-state index in [9.17, 15) is 9.18 Å². The zero-order valence-electron chi connectivity index (χ0n) is 10.6. The van der Waals surface area contributed by atoms with Crippen molar-refractivity contribution in [3.8, 4) is 0 Å². The van der Waals surface area contributed by atoms with Gasteiger partial charge in [0, 0.05) is 12.0 Å². The van der Waals surface area contributed by atoms with Crippen molar-refractivity contribution >= 4 is 17.4 Å². The monoisotopic (exact) mass is 278 g/mol. The van der Waals surface area contributed by atoms with Crippen LogP contribution in [0.5, 0.6) is 0 Å². The fourth-order valence-electron chi connectivity index (χ4n) is 1.76. The number of ketones is 1. The SMILES string of the molecule is Cc1cc(C(=O)Cc2ccc(F)c(Cl)c2)c(C)nn1. The molecule has 0 amide bonds. The molecule has 0 aliphatic carbocycles. The maximum absolute atomic E-state index is 13.0. The van der Waals surface area contributed by atoms with Crippen LogP contribution < -0.4 is 0 Å². The van der Waals surface area contributed by atoms with Gasteiger partial charge in [0.2, 0.25) is 0 Å². The summed E-state index contributed by atoms with van der Waals surface area (Å²) in [7, 11) is 0. The maximum Gasteiger partial charge on any atom is 0.169 e. The molecule has 0 fully saturated rings. The quantitative estimate of drug-likeness (QED) is 0.809. The number of Topliss-reactive ketones (excluding diaryl/α,β-unsaturated/α-hetero) is 1. The van der Waals surface area contributed by atoms with Crippen LogP contribution in [0.15, 0.2) is 24.3 Å². The number of hydrogen-bond donors (Lipinski definition) is 0. The first-order valence-electron chi connectivity index (χ1n) is 5.75. The minimum Gasteiger partial charge on any atom is -0.294 e. The number of carbonyl (C=O) groups excluding carboxylic acids is 1. The average molecular weight is 279 g/mol. The van der Waals surface area contributed by atoms with Crippen LogP contribution in [0.25, 0.3) is 0 Å². The van der Waals surface area contributed by atoms with E-state index in [1.165, 1.54) is 12.1 Å². The van der Waals surface area contributed by atoms with Crippen LogP contribution >= 0.6 is 11.6 Å². The fourth-order valence-corrected chi connectivity index (χ4v) is 1.97. The summed E-state index contributed by atoms with van der Waals surface area (Å²) < 4.78 is 13.0. The largest absolute Gasteiger partial charge is 0.294 e. The highest BCUT2D eigenvalue weighted by molar-refractivity contribution is 6.30. The van der Waals surface area contributed by atoms with Gasteiger partial charge < -0.3 is 0 Å². The summed E-state index contributed by atoms with van der Waals surface area (Å²) in [6.45, 7) is 3.51. The summed E-state index contributed by atoms with van der Waals surface area (Å²) >= 11 is 5.69. The van der Waals surface area contributed by atoms with Gasteiger partial charge in [-0.15, -0.1) is 0 Å². The van der Waals surface area contributed by atoms with Crippen molar-refractivity contribution in [2.75, 3.05) is 0 Å². The number of hydrogen-bond acceptors (Lipinski definition) is 3. The molecule has 0 aliphatic rings. The molecule has 0 N–H and O–H groups in total. The van der Waals surface area contributed by atoms with E-state index in [1.807, 2.05) is 0 Å². The van der Waals surface area contributed by atoms with Crippen LogP contribution in [-0.2, 0) is 6.42 Å². The molecule has 1 heterocycles. The van der Waals surface area contributed by atoms with Gasteiger partial charge in [-0.1, -0.05) is 17.7 Å². The maximum atomic E-state index is 13.0. The zero-order valence-corrected chi connectivity index (χ0v) is 11.3. The van der Waals surface area contributed by atoms with Crippen molar-refractivity contribution in [3.05, 3.63) is 57.6 Å². The number of carbonyl (C=O) groups is 1. The van der Waals surface area contributed by atoms with Crippen LogP contribution in [0.3, 0.4) is 0 Å². The van der Waals surface area contributed by atoms with Crippen LogP contribution in [0, 0.1) is 19.7 Å². The molecule has 98 valence electrons. The zero-order chi connectivity index (χ0) is 14.0. The van der Waals surface area contributed by atoms with Crippen LogP contribution in [0.2, 0.25) is 5.02 Å². The van der Waals surface area contributed by atoms with E-state index in [2.05, 4.69) is 10.2 Å². The Bertz CT molecular complexity index is 643. The Balaban J connectivity index is 2.25. The lowest BCUT2D eigenvalue weighted by atomic mass is 10.0. The summed E-state index contributed by atoms with van der Waals surface area (Å²) in [5.41, 5.74) is 2.48. The predicted molar refractivity (Wildman–Crippen MR) is 71.0 cm³/mol. The third-order valence-electron chi connectivity index (χ3n) is 2.75. The molecule has 0 bridgehead atoms. The Morgan fingerprint density at radius 1 is 1.26 bits per heavy atom. The Kier molecular flexibility index (Phi) is 3.90. The number of rotatable bonds is 3. The molecule has 0 radical (unpaired) electrons. The summed E-state index contributed by atoms with van der Waals surface area (Å²) in [6, 6.07) is 5.98. The molecule has 1 aromatic heterocycles. The van der Waals surface area contributed by atoms with Crippen molar-refractivity contribution in [1.82, 2.24) is 10.2 Å². The molecule has 2 aromatic rings. The normalized spacial score (nSPS) is 10.5. The highest BCUT2D eigenvalue weighted by Crippen LogP contribution is 2.18. The standard InChI is InChI=1S/C14H12ClFN2O/c1-8-5-11(9(2)18-17-8)14(19)7-10-3-4-13(16)12(15)6-10/h3-6H,7H2,1-2H3. The number of aryl methyl sites for hydroxylation is 2. The Labute approximate surface area is 115 Å². The molecule has 0 unspecified atom stereocenters. The number of nitrogens with zero attached hydrogens (tertiary/aromatic N) is 2. The first-order chi connectivity index (χ1) is 8.97. The van der Waals surface area contributed by atoms with Gasteiger partial charge in [-0.25, -0.2) is 4.39 Å². The van der Waals surface area contributed by atoms with E-state index in [-0.39, 0.29) is 17.2 Å². The molecular formula is C14H12ClFN2O. The van der Waals surface area contributed by atoms with Crippen molar-refractivity contribution in [1.29, 1.82) is 0 Å². The first kappa shape index (κ1) is 13.6. The third-order valence-corrected chi connectivity index (χ3v) is 3.04. The molecule has 0 aliphatic heterocycles. The number of aromatic nitrogens is 2. The van der Waals surface area contributed by atoms with Crippen LogP contribution in [-0.4, -0.2) is 16.0 Å². The molecule has 0 saturated heterocycles. The van der Waals surface area contributed by atoms with Crippen molar-refractivity contribution in [3.63, 3.8) is 0 Å². The van der Waals surface area contributed by atoms with Gasteiger partial charge in [0.1, 0.15) is 5.82 Å². The predicted octanol–water partition coefficient (Wildman–Crippen LogP) is 3.31. The Morgan fingerprint density at radius 2 is 2.00 bits per heavy atom. The first-order valence-corrected chi connectivity index (χ1v) is 6.13. The van der Waals surface area contributed by atoms with Gasteiger partial charge in [-0.3, -0.25) is 4.79 Å². The lowest BCUT2D eigenvalue weighted by molar-refractivity contribution is 0.0991.